The maximum absolute atomic E-state index is 5.64. The van der Waals surface area contributed by atoms with Gasteiger partial charge in [0.25, 0.3) is 0 Å². The predicted octanol–water partition coefficient (Wildman–Crippen LogP) is 7.73. The van der Waals surface area contributed by atoms with Crippen LogP contribution in [0.15, 0.2) is 60.7 Å². The SMILES string of the molecule is CC(C)(C)c1cc[cH-]c1.C[Si](C)=[Hf]([Cl])[Cl].Cc1c[cH-]c2ccccc12. The van der Waals surface area contributed by atoms with E-state index in [2.05, 4.69) is 101 Å². The van der Waals surface area contributed by atoms with Crippen molar-refractivity contribution in [3.05, 3.63) is 71.8 Å². The molecular weight excluding hydrogens is 530 g/mol. The smallest absolute Gasteiger partial charge is 0.0809 e. The molecule has 0 amide bonds. The van der Waals surface area contributed by atoms with Crippen LogP contribution in [0.1, 0.15) is 31.9 Å². The number of rotatable bonds is 0. The molecule has 0 nitrogen and oxygen atoms in total. The van der Waals surface area contributed by atoms with E-state index in [-0.39, 0.29) is 5.49 Å². The summed E-state index contributed by atoms with van der Waals surface area (Å²) >= 11 is -1.78. The summed E-state index contributed by atoms with van der Waals surface area (Å²) in [7, 11) is 11.3. The molecule has 3 aromatic carbocycles. The minimum absolute atomic E-state index is 0.208. The second-order valence-corrected chi connectivity index (χ2v) is 39.0. The van der Waals surface area contributed by atoms with Crippen LogP contribution >= 0.6 is 17.2 Å². The third-order valence-electron chi connectivity index (χ3n) is 3.81. The number of halogens is 2. The number of fused-ring (bicyclic) bond motifs is 1. The molecular formula is C21H28Cl2HfSi-2. The first-order valence-corrected chi connectivity index (χ1v) is 25.2. The molecule has 0 unspecified atom stereocenters. The van der Waals surface area contributed by atoms with E-state index in [0.717, 1.165) is 0 Å². The zero-order valence-electron chi connectivity index (χ0n) is 16.0. The van der Waals surface area contributed by atoms with E-state index < -0.39 is 17.7 Å². The van der Waals surface area contributed by atoms with E-state index in [9.17, 15) is 0 Å². The van der Waals surface area contributed by atoms with Gasteiger partial charge < -0.3 is 0 Å². The molecule has 0 N–H and O–H groups in total. The topological polar surface area (TPSA) is 0 Å². The van der Waals surface area contributed by atoms with Gasteiger partial charge >= 0.3 is 53.4 Å². The quantitative estimate of drug-likeness (QED) is 0.196. The van der Waals surface area contributed by atoms with Crippen LogP contribution in [-0.4, -0.2) is 5.49 Å². The Morgan fingerprint density at radius 1 is 1.00 bits per heavy atom. The first kappa shape index (κ1) is 22.9. The molecule has 0 aliphatic rings. The molecule has 0 saturated carbocycles. The molecule has 3 aromatic rings. The van der Waals surface area contributed by atoms with Gasteiger partial charge in [-0.05, 0) is 0 Å². The van der Waals surface area contributed by atoms with Gasteiger partial charge in [0.15, 0.2) is 0 Å². The summed E-state index contributed by atoms with van der Waals surface area (Å²) in [6.45, 7) is 13.2. The van der Waals surface area contributed by atoms with Crippen molar-refractivity contribution < 1.29 is 17.7 Å². The average molecular weight is 558 g/mol. The third kappa shape index (κ3) is 8.38. The molecule has 0 radical (unpaired) electrons. The predicted molar refractivity (Wildman–Crippen MR) is 114 cm³/mol. The van der Waals surface area contributed by atoms with Crippen LogP contribution in [-0.2, 0) is 23.1 Å². The van der Waals surface area contributed by atoms with Gasteiger partial charge in [0.1, 0.15) is 0 Å². The van der Waals surface area contributed by atoms with Gasteiger partial charge in [-0.25, -0.2) is 6.07 Å². The molecule has 25 heavy (non-hydrogen) atoms. The van der Waals surface area contributed by atoms with Gasteiger partial charge in [-0.3, -0.25) is 0 Å². The first-order valence-electron chi connectivity index (χ1n) is 8.44. The fourth-order valence-electron chi connectivity index (χ4n) is 2.18. The van der Waals surface area contributed by atoms with Gasteiger partial charge in [-0.15, -0.1) is 35.0 Å². The maximum atomic E-state index is 5.64. The number of benzene rings is 1. The zero-order chi connectivity index (χ0) is 19.0. The number of hydrogen-bond donors (Lipinski definition) is 0. The molecule has 136 valence electrons. The van der Waals surface area contributed by atoms with E-state index >= 15 is 0 Å². The average Bonchev–Trinajstić information content (AvgIpc) is 3.19. The summed E-state index contributed by atoms with van der Waals surface area (Å²) in [5.41, 5.74) is 2.91. The summed E-state index contributed by atoms with van der Waals surface area (Å²) in [5.74, 6) is 0. The maximum Gasteiger partial charge on any atom is -0.0809 e. The normalized spacial score (nSPS) is 10.4. The Kier molecular flexibility index (Phi) is 9.95. The standard InChI is InChI=1S/C10H9.C9H13.C2H6Si.2ClH.Hf/c1-8-6-7-9-4-2-3-5-10(8)9;1-9(2,3)8-6-4-5-7-8;1-3-2;;;/h2-7H,1H3;4-7H,1-3H3;1-2H3;2*1H;/q2*-1;;;;+2/p-2. The van der Waals surface area contributed by atoms with Crippen molar-refractivity contribution in [2.75, 3.05) is 0 Å². The van der Waals surface area contributed by atoms with Crippen molar-refractivity contribution in [1.29, 1.82) is 0 Å². The molecule has 0 heterocycles. The molecule has 0 aliphatic carbocycles. The fourth-order valence-corrected chi connectivity index (χ4v) is 2.18. The van der Waals surface area contributed by atoms with Crippen LogP contribution in [0.25, 0.3) is 10.8 Å². The van der Waals surface area contributed by atoms with Crippen molar-refractivity contribution in [3.8, 4) is 0 Å². The summed E-state index contributed by atoms with van der Waals surface area (Å²) in [5, 5.41) is 2.72. The Balaban J connectivity index is 0.000000195. The van der Waals surface area contributed by atoms with E-state index in [1.54, 1.807) is 0 Å². The molecule has 0 saturated heterocycles. The van der Waals surface area contributed by atoms with Crippen LogP contribution < -0.4 is 0 Å². The Morgan fingerprint density at radius 3 is 2.00 bits per heavy atom. The minimum atomic E-state index is -1.78. The monoisotopic (exact) mass is 558 g/mol. The molecule has 0 spiro atoms. The van der Waals surface area contributed by atoms with Gasteiger partial charge in [0.2, 0.25) is 0 Å². The summed E-state index contributed by atoms with van der Waals surface area (Å²) in [6, 6.07) is 21.3. The second-order valence-electron chi connectivity index (χ2n) is 7.29. The summed E-state index contributed by atoms with van der Waals surface area (Å²) in [4.78, 5) is 0. The van der Waals surface area contributed by atoms with Gasteiger partial charge in [0, 0.05) is 0 Å². The van der Waals surface area contributed by atoms with Crippen molar-refractivity contribution in [1.82, 2.24) is 0 Å². The van der Waals surface area contributed by atoms with E-state index in [0.29, 0.717) is 5.41 Å². The number of aryl methyl sites for hydroxylation is 1. The van der Waals surface area contributed by atoms with Crippen molar-refractivity contribution in [2.45, 2.75) is 46.2 Å². The summed E-state index contributed by atoms with van der Waals surface area (Å²) < 4.78 is 0. The largest absolute Gasteiger partial charge is 0.156 e. The van der Waals surface area contributed by atoms with E-state index in [1.807, 2.05) is 0 Å². The van der Waals surface area contributed by atoms with Crippen LogP contribution in [0.5, 0.6) is 0 Å². The Hall–Kier alpha value is -0.153. The molecule has 0 aliphatic heterocycles. The molecule has 4 heteroatoms. The van der Waals surface area contributed by atoms with Crippen LogP contribution in [0, 0.1) is 6.92 Å². The Bertz CT molecular complexity index is 775. The van der Waals surface area contributed by atoms with Gasteiger partial charge in [-0.2, -0.15) is 35.4 Å². The van der Waals surface area contributed by atoms with E-state index in [1.165, 1.54) is 21.9 Å². The third-order valence-corrected chi connectivity index (χ3v) is 31.3. The zero-order valence-corrected chi connectivity index (χ0v) is 22.1. The van der Waals surface area contributed by atoms with Crippen LogP contribution in [0.4, 0.5) is 0 Å². The Morgan fingerprint density at radius 2 is 1.60 bits per heavy atom. The molecule has 0 atom stereocenters. The van der Waals surface area contributed by atoms with E-state index in [4.69, 9.17) is 17.2 Å². The second kappa shape index (κ2) is 10.9. The van der Waals surface area contributed by atoms with Crippen molar-refractivity contribution in [2.24, 2.45) is 0 Å². The first-order chi connectivity index (χ1) is 11.6. The molecule has 0 fully saturated rings. The van der Waals surface area contributed by atoms with Crippen LogP contribution in [0.2, 0.25) is 13.1 Å². The van der Waals surface area contributed by atoms with Crippen molar-refractivity contribution in [3.63, 3.8) is 0 Å². The van der Waals surface area contributed by atoms with Gasteiger partial charge in [0.05, 0.1) is 0 Å². The van der Waals surface area contributed by atoms with Crippen molar-refractivity contribution >= 4 is 33.4 Å². The fraction of sp³-hybridized carbons (Fsp3) is 0.333. The summed E-state index contributed by atoms with van der Waals surface area (Å²) in [6.07, 6.45) is 0. The molecule has 0 aromatic heterocycles. The number of hydrogen-bond acceptors (Lipinski definition) is 0. The minimum Gasteiger partial charge on any atom is -0.156 e. The molecule has 3 rings (SSSR count). The Labute approximate surface area is 168 Å². The van der Waals surface area contributed by atoms with Crippen LogP contribution in [0.3, 0.4) is 0 Å². The molecule has 0 bridgehead atoms. The van der Waals surface area contributed by atoms with Gasteiger partial charge in [-0.1, -0.05) is 39.2 Å².